The molecule has 5 nitrogen and oxygen atoms in total. The predicted molar refractivity (Wildman–Crippen MR) is 66.6 cm³/mol. The van der Waals surface area contributed by atoms with Crippen molar-refractivity contribution < 1.29 is 9.59 Å². The first-order valence-corrected chi connectivity index (χ1v) is 6.23. The monoisotopic (exact) mass is 241 g/mol. The fraction of sp³-hybridized carbons (Fsp3) is 0.833. The summed E-state index contributed by atoms with van der Waals surface area (Å²) in [5.41, 5.74) is -0.756. The number of imide groups is 1. The van der Waals surface area contributed by atoms with Gasteiger partial charge in [-0.3, -0.25) is 9.69 Å². The van der Waals surface area contributed by atoms with E-state index < -0.39 is 5.54 Å². The summed E-state index contributed by atoms with van der Waals surface area (Å²) in [6.07, 6.45) is 1.09. The number of amides is 3. The van der Waals surface area contributed by atoms with Crippen LogP contribution in [0.15, 0.2) is 0 Å². The molecule has 0 radical (unpaired) electrons. The van der Waals surface area contributed by atoms with Gasteiger partial charge >= 0.3 is 6.03 Å². The Morgan fingerprint density at radius 3 is 2.53 bits per heavy atom. The minimum atomic E-state index is -0.756. The lowest BCUT2D eigenvalue weighted by atomic mass is 10.1. The van der Waals surface area contributed by atoms with Gasteiger partial charge in [-0.1, -0.05) is 13.8 Å². The molecule has 1 heterocycles. The van der Waals surface area contributed by atoms with Gasteiger partial charge in [-0.05, 0) is 39.3 Å². The average Bonchev–Trinajstić information content (AvgIpc) is 2.41. The standard InChI is InChI=1S/C12H23N3O2/c1-5-6-13-7-9(2)8-15-10(16)12(3,4)14-11(15)17/h9,13H,5-8H2,1-4H3,(H,14,17). The molecule has 0 aromatic heterocycles. The van der Waals surface area contributed by atoms with Gasteiger partial charge in [0.15, 0.2) is 0 Å². The zero-order valence-electron chi connectivity index (χ0n) is 11.2. The molecule has 1 saturated heterocycles. The average molecular weight is 241 g/mol. The van der Waals surface area contributed by atoms with Crippen molar-refractivity contribution in [3.05, 3.63) is 0 Å². The topological polar surface area (TPSA) is 61.4 Å². The summed E-state index contributed by atoms with van der Waals surface area (Å²) in [6, 6.07) is -0.276. The van der Waals surface area contributed by atoms with E-state index in [0.29, 0.717) is 6.54 Å². The summed E-state index contributed by atoms with van der Waals surface area (Å²) in [6.45, 7) is 9.87. The minimum Gasteiger partial charge on any atom is -0.324 e. The van der Waals surface area contributed by atoms with Crippen LogP contribution in [0.5, 0.6) is 0 Å². The Bertz CT molecular complexity index is 302. The number of urea groups is 1. The second-order valence-corrected chi connectivity index (χ2v) is 5.28. The van der Waals surface area contributed by atoms with E-state index in [-0.39, 0.29) is 17.9 Å². The van der Waals surface area contributed by atoms with Gasteiger partial charge in [0, 0.05) is 6.54 Å². The van der Waals surface area contributed by atoms with Crippen LogP contribution in [0.25, 0.3) is 0 Å². The highest BCUT2D eigenvalue weighted by atomic mass is 16.2. The number of hydrogen-bond acceptors (Lipinski definition) is 3. The van der Waals surface area contributed by atoms with Crippen LogP contribution in [-0.2, 0) is 4.79 Å². The fourth-order valence-corrected chi connectivity index (χ4v) is 1.89. The Hall–Kier alpha value is -1.10. The molecule has 98 valence electrons. The van der Waals surface area contributed by atoms with Gasteiger partial charge in [0.25, 0.3) is 5.91 Å². The van der Waals surface area contributed by atoms with E-state index in [1.54, 1.807) is 13.8 Å². The molecule has 0 aromatic rings. The third-order valence-corrected chi connectivity index (χ3v) is 2.86. The van der Waals surface area contributed by atoms with Crippen molar-refractivity contribution in [1.82, 2.24) is 15.5 Å². The lowest BCUT2D eigenvalue weighted by Crippen LogP contribution is -2.41. The Kier molecular flexibility index (Phi) is 4.51. The van der Waals surface area contributed by atoms with Crippen LogP contribution in [0.2, 0.25) is 0 Å². The molecule has 1 rings (SSSR count). The summed E-state index contributed by atoms with van der Waals surface area (Å²) in [5.74, 6) is 0.134. The first-order valence-electron chi connectivity index (χ1n) is 6.23. The Balaban J connectivity index is 2.46. The normalized spacial score (nSPS) is 20.6. The highest BCUT2D eigenvalue weighted by Crippen LogP contribution is 2.17. The van der Waals surface area contributed by atoms with Gasteiger partial charge in [-0.25, -0.2) is 4.79 Å². The minimum absolute atomic E-state index is 0.134. The molecule has 1 fully saturated rings. The molecule has 5 heteroatoms. The van der Waals surface area contributed by atoms with Crippen molar-refractivity contribution in [2.24, 2.45) is 5.92 Å². The van der Waals surface area contributed by atoms with Crippen molar-refractivity contribution in [3.8, 4) is 0 Å². The molecule has 1 aliphatic rings. The van der Waals surface area contributed by atoms with Crippen LogP contribution in [0.4, 0.5) is 4.79 Å². The smallest absolute Gasteiger partial charge is 0.324 e. The molecular weight excluding hydrogens is 218 g/mol. The van der Waals surface area contributed by atoms with E-state index in [9.17, 15) is 9.59 Å². The summed E-state index contributed by atoms with van der Waals surface area (Å²) >= 11 is 0. The van der Waals surface area contributed by atoms with Gasteiger partial charge in [-0.15, -0.1) is 0 Å². The second-order valence-electron chi connectivity index (χ2n) is 5.28. The number of hydrogen-bond donors (Lipinski definition) is 2. The highest BCUT2D eigenvalue weighted by Gasteiger charge is 2.44. The lowest BCUT2D eigenvalue weighted by Gasteiger charge is -2.20. The molecule has 0 bridgehead atoms. The Morgan fingerprint density at radius 1 is 1.41 bits per heavy atom. The maximum absolute atomic E-state index is 11.9. The van der Waals surface area contributed by atoms with Gasteiger partial charge in [0.2, 0.25) is 0 Å². The molecule has 0 aromatic carbocycles. The zero-order valence-corrected chi connectivity index (χ0v) is 11.2. The molecule has 3 amide bonds. The maximum Gasteiger partial charge on any atom is 0.325 e. The SMILES string of the molecule is CCCNCC(C)CN1C(=O)NC(C)(C)C1=O. The van der Waals surface area contributed by atoms with E-state index in [0.717, 1.165) is 19.5 Å². The largest absolute Gasteiger partial charge is 0.325 e. The van der Waals surface area contributed by atoms with Gasteiger partial charge in [0.05, 0.1) is 0 Å². The molecule has 17 heavy (non-hydrogen) atoms. The Morgan fingerprint density at radius 2 is 2.06 bits per heavy atom. The third kappa shape index (κ3) is 3.43. The van der Waals surface area contributed by atoms with E-state index >= 15 is 0 Å². The van der Waals surface area contributed by atoms with Crippen LogP contribution >= 0.6 is 0 Å². The van der Waals surface area contributed by atoms with Crippen LogP contribution in [-0.4, -0.2) is 42.0 Å². The molecule has 1 atom stereocenters. The summed E-state index contributed by atoms with van der Waals surface area (Å²) < 4.78 is 0. The van der Waals surface area contributed by atoms with E-state index in [2.05, 4.69) is 17.6 Å². The number of carbonyl (C=O) groups is 2. The molecule has 0 aliphatic carbocycles. The quantitative estimate of drug-likeness (QED) is 0.537. The third-order valence-electron chi connectivity index (χ3n) is 2.86. The van der Waals surface area contributed by atoms with E-state index in [4.69, 9.17) is 0 Å². The van der Waals surface area contributed by atoms with Gasteiger partial charge in [-0.2, -0.15) is 0 Å². The van der Waals surface area contributed by atoms with Crippen molar-refractivity contribution in [3.63, 3.8) is 0 Å². The number of carbonyl (C=O) groups excluding carboxylic acids is 2. The van der Waals surface area contributed by atoms with Crippen molar-refractivity contribution in [2.75, 3.05) is 19.6 Å². The first-order chi connectivity index (χ1) is 7.88. The molecule has 1 aliphatic heterocycles. The molecular formula is C12H23N3O2. The van der Waals surface area contributed by atoms with Crippen molar-refractivity contribution in [1.29, 1.82) is 0 Å². The molecule has 2 N–H and O–H groups in total. The summed E-state index contributed by atoms with van der Waals surface area (Å²) in [7, 11) is 0. The summed E-state index contributed by atoms with van der Waals surface area (Å²) in [5, 5.41) is 5.97. The second kappa shape index (κ2) is 5.49. The van der Waals surface area contributed by atoms with Crippen LogP contribution < -0.4 is 10.6 Å². The molecule has 1 unspecified atom stereocenters. The number of nitrogens with one attached hydrogen (secondary N) is 2. The predicted octanol–water partition coefficient (Wildman–Crippen LogP) is 0.952. The zero-order chi connectivity index (χ0) is 13.1. The Labute approximate surface area is 103 Å². The molecule has 0 saturated carbocycles. The van der Waals surface area contributed by atoms with E-state index in [1.807, 2.05) is 6.92 Å². The summed E-state index contributed by atoms with van der Waals surface area (Å²) in [4.78, 5) is 24.9. The van der Waals surface area contributed by atoms with Gasteiger partial charge in [0.1, 0.15) is 5.54 Å². The van der Waals surface area contributed by atoms with Crippen LogP contribution in [0.3, 0.4) is 0 Å². The van der Waals surface area contributed by atoms with Crippen LogP contribution in [0, 0.1) is 5.92 Å². The van der Waals surface area contributed by atoms with Crippen molar-refractivity contribution >= 4 is 11.9 Å². The maximum atomic E-state index is 11.9. The van der Waals surface area contributed by atoms with E-state index in [1.165, 1.54) is 4.90 Å². The fourth-order valence-electron chi connectivity index (χ4n) is 1.89. The first kappa shape index (κ1) is 14.0. The molecule has 0 spiro atoms. The van der Waals surface area contributed by atoms with Crippen LogP contribution in [0.1, 0.15) is 34.1 Å². The van der Waals surface area contributed by atoms with Gasteiger partial charge < -0.3 is 10.6 Å². The highest BCUT2D eigenvalue weighted by molar-refractivity contribution is 6.06. The number of nitrogens with zero attached hydrogens (tertiary/aromatic N) is 1. The number of rotatable bonds is 6. The lowest BCUT2D eigenvalue weighted by molar-refractivity contribution is -0.130. The van der Waals surface area contributed by atoms with Crippen molar-refractivity contribution in [2.45, 2.75) is 39.7 Å².